The van der Waals surface area contributed by atoms with E-state index in [9.17, 15) is 4.79 Å². The monoisotopic (exact) mass is 356 g/mol. The van der Waals surface area contributed by atoms with Crippen LogP contribution >= 0.6 is 0 Å². The molecule has 0 radical (unpaired) electrons. The molecule has 6 heteroatoms. The highest BCUT2D eigenvalue weighted by molar-refractivity contribution is 5.95. The number of benzene rings is 2. The maximum absolute atomic E-state index is 12.5. The minimum Gasteiger partial charge on any atom is -0.480 e. The first-order chi connectivity index (χ1) is 13.3. The molecule has 0 saturated heterocycles. The first-order valence-corrected chi connectivity index (χ1v) is 8.72. The lowest BCUT2D eigenvalue weighted by Gasteiger charge is -2.11. The number of amides is 1. The highest BCUT2D eigenvalue weighted by atomic mass is 16.5. The van der Waals surface area contributed by atoms with Crippen LogP contribution in [0.1, 0.15) is 5.56 Å². The summed E-state index contributed by atoms with van der Waals surface area (Å²) in [5.41, 5.74) is 3.59. The van der Waals surface area contributed by atoms with Crippen molar-refractivity contribution in [3.8, 4) is 17.0 Å². The van der Waals surface area contributed by atoms with Gasteiger partial charge < -0.3 is 10.1 Å². The molecule has 27 heavy (non-hydrogen) atoms. The van der Waals surface area contributed by atoms with Gasteiger partial charge >= 0.3 is 0 Å². The quantitative estimate of drug-likeness (QED) is 0.611. The summed E-state index contributed by atoms with van der Waals surface area (Å²) in [6, 6.07) is 17.2. The van der Waals surface area contributed by atoms with Crippen molar-refractivity contribution < 1.29 is 9.53 Å². The molecule has 1 N–H and O–H groups in total. The lowest BCUT2D eigenvalue weighted by Crippen LogP contribution is -2.31. The van der Waals surface area contributed by atoms with Gasteiger partial charge in [-0.2, -0.15) is 0 Å². The van der Waals surface area contributed by atoms with Crippen LogP contribution in [0.15, 0.2) is 73.2 Å². The predicted octanol–water partition coefficient (Wildman–Crippen LogP) is 3.34. The molecule has 0 fully saturated rings. The highest BCUT2D eigenvalue weighted by Gasteiger charge is 2.28. The van der Waals surface area contributed by atoms with Crippen molar-refractivity contribution >= 4 is 17.4 Å². The van der Waals surface area contributed by atoms with Gasteiger partial charge in [0.1, 0.15) is 5.75 Å². The summed E-state index contributed by atoms with van der Waals surface area (Å²) in [5, 5.41) is 2.92. The zero-order chi connectivity index (χ0) is 18.2. The van der Waals surface area contributed by atoms with E-state index in [0.29, 0.717) is 12.2 Å². The zero-order valence-corrected chi connectivity index (χ0v) is 14.4. The molecule has 1 aliphatic rings. The first kappa shape index (κ1) is 15.6. The van der Waals surface area contributed by atoms with Crippen LogP contribution < -0.4 is 10.1 Å². The molecule has 1 aliphatic heterocycles. The zero-order valence-electron chi connectivity index (χ0n) is 14.4. The molecule has 4 aromatic rings. The summed E-state index contributed by atoms with van der Waals surface area (Å²) in [7, 11) is 0. The number of carbonyl (C=O) groups is 1. The predicted molar refractivity (Wildman–Crippen MR) is 102 cm³/mol. The molecule has 0 bridgehead atoms. The molecule has 0 aliphatic carbocycles. The van der Waals surface area contributed by atoms with E-state index < -0.39 is 6.10 Å². The molecule has 132 valence electrons. The SMILES string of the molecule is O=C(Nc1ccc(-c2cn3cccnc3n2)cc1)C1Cc2ccccc2O1. The van der Waals surface area contributed by atoms with E-state index >= 15 is 0 Å². The second-order valence-corrected chi connectivity index (χ2v) is 6.44. The second kappa shape index (κ2) is 6.25. The number of nitrogens with zero attached hydrogens (tertiary/aromatic N) is 3. The first-order valence-electron chi connectivity index (χ1n) is 8.72. The van der Waals surface area contributed by atoms with Crippen LogP contribution in [-0.4, -0.2) is 26.4 Å². The third-order valence-corrected chi connectivity index (χ3v) is 4.62. The number of hydrogen-bond donors (Lipinski definition) is 1. The van der Waals surface area contributed by atoms with Gasteiger partial charge in [-0.1, -0.05) is 30.3 Å². The Labute approximate surface area is 155 Å². The lowest BCUT2D eigenvalue weighted by atomic mass is 10.1. The summed E-state index contributed by atoms with van der Waals surface area (Å²) >= 11 is 0. The molecule has 3 heterocycles. The number of nitrogens with one attached hydrogen (secondary N) is 1. The Morgan fingerprint density at radius 3 is 2.78 bits per heavy atom. The van der Waals surface area contributed by atoms with Gasteiger partial charge in [0.2, 0.25) is 5.78 Å². The fourth-order valence-electron chi connectivity index (χ4n) is 3.24. The Kier molecular flexibility index (Phi) is 3.60. The molecular formula is C21H16N4O2. The minimum atomic E-state index is -0.494. The molecule has 1 atom stereocenters. The number of rotatable bonds is 3. The molecule has 5 rings (SSSR count). The molecule has 2 aromatic carbocycles. The van der Waals surface area contributed by atoms with Crippen molar-refractivity contribution in [2.75, 3.05) is 5.32 Å². The number of ether oxygens (including phenoxy) is 1. The smallest absolute Gasteiger partial charge is 0.265 e. The van der Waals surface area contributed by atoms with Crippen molar-refractivity contribution in [3.63, 3.8) is 0 Å². The van der Waals surface area contributed by atoms with Crippen molar-refractivity contribution in [3.05, 3.63) is 78.8 Å². The number of hydrogen-bond acceptors (Lipinski definition) is 4. The van der Waals surface area contributed by atoms with E-state index in [-0.39, 0.29) is 5.91 Å². The van der Waals surface area contributed by atoms with Crippen LogP contribution in [0.4, 0.5) is 5.69 Å². The Hall–Kier alpha value is -3.67. The molecule has 6 nitrogen and oxygen atoms in total. The molecule has 1 unspecified atom stereocenters. The maximum atomic E-state index is 12.5. The van der Waals surface area contributed by atoms with Crippen LogP contribution in [0, 0.1) is 0 Å². The standard InChI is InChI=1S/C21H16N4O2/c26-20(19-12-15-4-1-2-5-18(15)27-19)23-16-8-6-14(7-9-16)17-13-25-11-3-10-22-21(25)24-17/h1-11,13,19H,12H2,(H,23,26). The molecule has 2 aromatic heterocycles. The van der Waals surface area contributed by atoms with Crippen molar-refractivity contribution in [1.82, 2.24) is 14.4 Å². The average Bonchev–Trinajstić information content (AvgIpc) is 3.32. The second-order valence-electron chi connectivity index (χ2n) is 6.44. The maximum Gasteiger partial charge on any atom is 0.265 e. The summed E-state index contributed by atoms with van der Waals surface area (Å²) in [5.74, 6) is 1.30. The van der Waals surface area contributed by atoms with Gasteiger partial charge in [-0.15, -0.1) is 0 Å². The minimum absolute atomic E-state index is 0.143. The van der Waals surface area contributed by atoms with Gasteiger partial charge in [-0.25, -0.2) is 9.97 Å². The van der Waals surface area contributed by atoms with E-state index in [2.05, 4.69) is 15.3 Å². The summed E-state index contributed by atoms with van der Waals surface area (Å²) in [6.07, 6.45) is 5.65. The van der Waals surface area contributed by atoms with E-state index in [1.165, 1.54) is 0 Å². The van der Waals surface area contributed by atoms with E-state index in [1.54, 1.807) is 6.20 Å². The van der Waals surface area contributed by atoms with Crippen LogP contribution in [0.5, 0.6) is 5.75 Å². The fraction of sp³-hybridized carbons (Fsp3) is 0.0952. The van der Waals surface area contributed by atoms with Crippen LogP contribution in [0.3, 0.4) is 0 Å². The van der Waals surface area contributed by atoms with Gasteiger partial charge in [0, 0.05) is 36.3 Å². The normalized spacial score (nSPS) is 15.3. The number of carbonyl (C=O) groups excluding carboxylic acids is 1. The number of imidazole rings is 1. The summed E-state index contributed by atoms with van der Waals surface area (Å²) < 4.78 is 7.61. The molecule has 1 amide bonds. The third-order valence-electron chi connectivity index (χ3n) is 4.62. The van der Waals surface area contributed by atoms with Gasteiger partial charge in [0.15, 0.2) is 6.10 Å². The Balaban J connectivity index is 1.30. The van der Waals surface area contributed by atoms with Crippen molar-refractivity contribution in [2.24, 2.45) is 0 Å². The Morgan fingerprint density at radius 2 is 1.96 bits per heavy atom. The van der Waals surface area contributed by atoms with Gasteiger partial charge in [0.25, 0.3) is 5.91 Å². The van der Waals surface area contributed by atoms with Gasteiger partial charge in [0.05, 0.1) is 5.69 Å². The molecule has 0 saturated carbocycles. The Morgan fingerprint density at radius 1 is 1.11 bits per heavy atom. The lowest BCUT2D eigenvalue weighted by molar-refractivity contribution is -0.122. The van der Waals surface area contributed by atoms with Gasteiger partial charge in [-0.3, -0.25) is 9.20 Å². The highest BCUT2D eigenvalue weighted by Crippen LogP contribution is 2.29. The van der Waals surface area contributed by atoms with Crippen molar-refractivity contribution in [2.45, 2.75) is 12.5 Å². The largest absolute Gasteiger partial charge is 0.480 e. The van der Waals surface area contributed by atoms with E-state index in [1.807, 2.05) is 71.4 Å². The topological polar surface area (TPSA) is 68.5 Å². The van der Waals surface area contributed by atoms with Crippen molar-refractivity contribution in [1.29, 1.82) is 0 Å². The molecule has 0 spiro atoms. The third kappa shape index (κ3) is 2.91. The average molecular weight is 356 g/mol. The summed E-state index contributed by atoms with van der Waals surface area (Å²) in [4.78, 5) is 21.2. The number of anilines is 1. The number of fused-ring (bicyclic) bond motifs is 2. The van der Waals surface area contributed by atoms with Crippen LogP contribution in [0.2, 0.25) is 0 Å². The molecular weight excluding hydrogens is 340 g/mol. The fourth-order valence-corrected chi connectivity index (χ4v) is 3.24. The summed E-state index contributed by atoms with van der Waals surface area (Å²) in [6.45, 7) is 0. The Bertz CT molecular complexity index is 1080. The van der Waals surface area contributed by atoms with Crippen LogP contribution in [0.25, 0.3) is 17.0 Å². The number of aromatic nitrogens is 3. The van der Waals surface area contributed by atoms with Gasteiger partial charge in [-0.05, 0) is 29.8 Å². The van der Waals surface area contributed by atoms with Crippen LogP contribution in [-0.2, 0) is 11.2 Å². The number of para-hydroxylation sites is 1. The van der Waals surface area contributed by atoms with E-state index in [0.717, 1.165) is 28.3 Å². The van der Waals surface area contributed by atoms with E-state index in [4.69, 9.17) is 4.74 Å².